The molecule has 2 aromatic carbocycles. The van der Waals surface area contributed by atoms with Crippen molar-refractivity contribution >= 4 is 35.1 Å². The van der Waals surface area contributed by atoms with Gasteiger partial charge in [-0.25, -0.2) is 0 Å². The van der Waals surface area contributed by atoms with E-state index in [1.165, 1.54) is 16.8 Å². The lowest BCUT2D eigenvalue weighted by Crippen LogP contribution is -2.28. The van der Waals surface area contributed by atoms with Crippen LogP contribution < -0.4 is 15.9 Å². The summed E-state index contributed by atoms with van der Waals surface area (Å²) in [6.45, 7) is 1.02. The minimum Gasteiger partial charge on any atom is -0.380 e. The van der Waals surface area contributed by atoms with Crippen molar-refractivity contribution in [3.63, 3.8) is 0 Å². The van der Waals surface area contributed by atoms with Crippen LogP contribution in [0.25, 0.3) is 0 Å². The molecule has 26 heavy (non-hydrogen) atoms. The number of anilines is 2. The predicted octanol–water partition coefficient (Wildman–Crippen LogP) is 4.15. The fourth-order valence-corrected chi connectivity index (χ4v) is 3.79. The van der Waals surface area contributed by atoms with Gasteiger partial charge in [-0.05, 0) is 69.3 Å². The van der Waals surface area contributed by atoms with Gasteiger partial charge in [-0.2, -0.15) is 0 Å². The second kappa shape index (κ2) is 11.4. The molecule has 0 unspecified atom stereocenters. The van der Waals surface area contributed by atoms with E-state index in [1.807, 2.05) is 36.0 Å². The molecule has 5 nitrogen and oxygen atoms in total. The zero-order valence-corrected chi connectivity index (χ0v) is 17.2. The third-order valence-corrected chi connectivity index (χ3v) is 5.52. The Hall–Kier alpha value is -1.38. The Morgan fingerprint density at radius 1 is 1.08 bits per heavy atom. The highest BCUT2D eigenvalue weighted by Crippen LogP contribution is 2.29. The van der Waals surface area contributed by atoms with Crippen LogP contribution in [0.3, 0.4) is 0 Å². The molecule has 0 saturated carbocycles. The van der Waals surface area contributed by atoms with Gasteiger partial charge < -0.3 is 10.2 Å². The maximum absolute atomic E-state index is 5.68. The molecule has 1 atom stereocenters. The number of nitrogens with zero attached hydrogens (tertiary/aromatic N) is 1. The third-order valence-electron chi connectivity index (χ3n) is 3.82. The molecule has 4 N–H and O–H groups in total. The van der Waals surface area contributed by atoms with E-state index in [0.717, 1.165) is 35.0 Å². The van der Waals surface area contributed by atoms with Crippen molar-refractivity contribution in [1.82, 2.24) is 4.90 Å². The monoisotopic (exact) mass is 392 g/mol. The fourth-order valence-electron chi connectivity index (χ4n) is 2.46. The normalized spacial score (nSPS) is 12.2. The Morgan fingerprint density at radius 2 is 1.85 bits per heavy atom. The van der Waals surface area contributed by atoms with Gasteiger partial charge in [0.05, 0.1) is 18.5 Å². The molecule has 2 aromatic rings. The van der Waals surface area contributed by atoms with Gasteiger partial charge in [-0.15, -0.1) is 11.8 Å². The van der Waals surface area contributed by atoms with Gasteiger partial charge in [0, 0.05) is 21.6 Å². The van der Waals surface area contributed by atoms with Crippen LogP contribution in [-0.4, -0.2) is 44.4 Å². The number of thioether (sulfide) groups is 1. The summed E-state index contributed by atoms with van der Waals surface area (Å²) in [7, 11) is 5.82. The molecule has 0 fully saturated rings. The molecule has 0 aliphatic rings. The number of rotatable bonds is 11. The van der Waals surface area contributed by atoms with Crippen molar-refractivity contribution in [1.29, 1.82) is 0 Å². The average Bonchev–Trinajstić information content (AvgIpc) is 2.66. The number of hydrogen-bond donors (Lipinski definition) is 3. The van der Waals surface area contributed by atoms with Gasteiger partial charge in [0.15, 0.2) is 0 Å². The number of nitrogens with two attached hydrogens (primary N) is 1. The highest BCUT2D eigenvalue weighted by Gasteiger charge is 2.13. The summed E-state index contributed by atoms with van der Waals surface area (Å²) in [5, 5.41) is 9.35. The lowest BCUT2D eigenvalue weighted by atomic mass is 10.2. The van der Waals surface area contributed by atoms with Gasteiger partial charge in [0.2, 0.25) is 0 Å². The maximum Gasteiger partial charge on any atom is 0.0847 e. The molecule has 142 valence electrons. The minimum absolute atomic E-state index is 0.330. The zero-order valence-electron chi connectivity index (χ0n) is 15.6. The van der Waals surface area contributed by atoms with E-state index < -0.39 is 0 Å². The smallest absolute Gasteiger partial charge is 0.0847 e. The Balaban J connectivity index is 2.09. The van der Waals surface area contributed by atoms with E-state index in [-0.39, 0.29) is 0 Å². The molecule has 7 heteroatoms. The van der Waals surface area contributed by atoms with Crippen molar-refractivity contribution in [2.45, 2.75) is 22.3 Å². The summed E-state index contributed by atoms with van der Waals surface area (Å²) in [6.07, 6.45) is 1.05. The molecule has 0 aliphatic carbocycles. The van der Waals surface area contributed by atoms with E-state index in [4.69, 9.17) is 9.98 Å². The van der Waals surface area contributed by atoms with E-state index in [9.17, 15) is 0 Å². The highest BCUT2D eigenvalue weighted by molar-refractivity contribution is 7.99. The van der Waals surface area contributed by atoms with Crippen LogP contribution in [-0.2, 0) is 4.84 Å². The van der Waals surface area contributed by atoms with E-state index in [0.29, 0.717) is 6.04 Å². The number of hydrogen-bond acceptors (Lipinski definition) is 7. The maximum atomic E-state index is 5.68. The molecule has 2 rings (SSSR count). The first-order valence-corrected chi connectivity index (χ1v) is 10.4. The van der Waals surface area contributed by atoms with Gasteiger partial charge in [-0.3, -0.25) is 15.5 Å². The van der Waals surface area contributed by atoms with Crippen LogP contribution in [0.2, 0.25) is 0 Å². The van der Waals surface area contributed by atoms with Crippen LogP contribution >= 0.6 is 23.7 Å². The first-order chi connectivity index (χ1) is 12.6. The summed E-state index contributed by atoms with van der Waals surface area (Å²) in [5.74, 6) is 0.984. The molecule has 0 aliphatic heterocycles. The summed E-state index contributed by atoms with van der Waals surface area (Å²) in [6, 6.07) is 16.9. The highest BCUT2D eigenvalue weighted by atomic mass is 32.2. The van der Waals surface area contributed by atoms with E-state index in [2.05, 4.69) is 54.1 Å². The van der Waals surface area contributed by atoms with Crippen molar-refractivity contribution < 1.29 is 4.84 Å². The van der Waals surface area contributed by atoms with Gasteiger partial charge >= 0.3 is 0 Å². The lowest BCUT2D eigenvalue weighted by molar-refractivity contribution is 0.271. The topological polar surface area (TPSA) is 62.6 Å². The largest absolute Gasteiger partial charge is 0.380 e. The van der Waals surface area contributed by atoms with Crippen LogP contribution in [0, 0.1) is 0 Å². The minimum atomic E-state index is 0.330. The standard InChI is InChI=1S/C19H28N4OS2/c1-23(2)12-11-15(14-25-16-7-5-4-6-8-16)21-18-10-9-17(26-20)13-19(18)22-24-3/h4-10,13,15,21-22H,11-12,14,20H2,1-3H3/t15-/m1/s1. The zero-order chi connectivity index (χ0) is 18.8. The lowest BCUT2D eigenvalue weighted by Gasteiger charge is -2.23. The Bertz CT molecular complexity index is 655. The molecule has 0 aromatic heterocycles. The molecule has 0 spiro atoms. The fraction of sp³-hybridized carbons (Fsp3) is 0.368. The van der Waals surface area contributed by atoms with Crippen LogP contribution in [0.5, 0.6) is 0 Å². The third kappa shape index (κ3) is 7.09. The SMILES string of the molecule is CONc1cc(SN)ccc1N[C@H](CCN(C)C)CSc1ccccc1. The second-order valence-electron chi connectivity index (χ2n) is 6.19. The summed E-state index contributed by atoms with van der Waals surface area (Å²) >= 11 is 3.09. The van der Waals surface area contributed by atoms with Gasteiger partial charge in [-0.1, -0.05) is 18.2 Å². The predicted molar refractivity (Wildman–Crippen MR) is 115 cm³/mol. The molecular weight excluding hydrogens is 364 g/mol. The second-order valence-corrected chi connectivity index (χ2v) is 7.99. The first kappa shape index (κ1) is 20.9. The van der Waals surface area contributed by atoms with Crippen molar-refractivity contribution in [3.8, 4) is 0 Å². The van der Waals surface area contributed by atoms with Crippen LogP contribution in [0.15, 0.2) is 58.3 Å². The van der Waals surface area contributed by atoms with E-state index in [1.54, 1.807) is 7.11 Å². The Morgan fingerprint density at radius 3 is 2.50 bits per heavy atom. The Kier molecular flexibility index (Phi) is 9.14. The summed E-state index contributed by atoms with van der Waals surface area (Å²) in [5.41, 5.74) is 4.85. The molecule has 0 amide bonds. The van der Waals surface area contributed by atoms with Gasteiger partial charge in [0.1, 0.15) is 0 Å². The molecule has 0 bridgehead atoms. The van der Waals surface area contributed by atoms with Crippen LogP contribution in [0.4, 0.5) is 11.4 Å². The summed E-state index contributed by atoms with van der Waals surface area (Å²) in [4.78, 5) is 9.61. The molecule has 0 saturated heterocycles. The quantitative estimate of drug-likeness (QED) is 0.302. The summed E-state index contributed by atoms with van der Waals surface area (Å²) < 4.78 is 0. The average molecular weight is 393 g/mol. The number of nitrogens with one attached hydrogen (secondary N) is 2. The van der Waals surface area contributed by atoms with Crippen LogP contribution in [0.1, 0.15) is 6.42 Å². The first-order valence-electron chi connectivity index (χ1n) is 8.51. The van der Waals surface area contributed by atoms with Crippen molar-refractivity contribution in [3.05, 3.63) is 48.5 Å². The molecule has 0 heterocycles. The van der Waals surface area contributed by atoms with Crippen molar-refractivity contribution in [2.24, 2.45) is 5.14 Å². The molecular formula is C19H28N4OS2. The number of benzene rings is 2. The van der Waals surface area contributed by atoms with Crippen molar-refractivity contribution in [2.75, 3.05) is 44.3 Å². The Labute approximate surface area is 165 Å². The van der Waals surface area contributed by atoms with E-state index >= 15 is 0 Å². The van der Waals surface area contributed by atoms with Gasteiger partial charge in [0.25, 0.3) is 0 Å². The molecule has 0 radical (unpaired) electrons.